The molecule has 1 saturated heterocycles. The maximum Gasteiger partial charge on any atom is 0.310 e. The van der Waals surface area contributed by atoms with Crippen LogP contribution in [-0.4, -0.2) is 35.6 Å². The van der Waals surface area contributed by atoms with E-state index >= 15 is 0 Å². The molecule has 1 aromatic heterocycles. The van der Waals surface area contributed by atoms with Crippen LogP contribution in [0.5, 0.6) is 0 Å². The SMILES string of the molecule is CNC1(C)CCN(c2ccncc2[N+](=O)[O-])CC1. The van der Waals surface area contributed by atoms with E-state index < -0.39 is 0 Å². The quantitative estimate of drug-likeness (QED) is 0.651. The van der Waals surface area contributed by atoms with Gasteiger partial charge in [-0.05, 0) is 32.9 Å². The fourth-order valence-electron chi connectivity index (χ4n) is 2.28. The molecule has 0 atom stereocenters. The molecule has 0 bridgehead atoms. The van der Waals surface area contributed by atoms with Crippen molar-refractivity contribution in [2.45, 2.75) is 25.3 Å². The van der Waals surface area contributed by atoms with Gasteiger partial charge in [-0.3, -0.25) is 15.1 Å². The number of nitrogens with zero attached hydrogens (tertiary/aromatic N) is 3. The second kappa shape index (κ2) is 4.89. The summed E-state index contributed by atoms with van der Waals surface area (Å²) < 4.78 is 0. The average molecular weight is 250 g/mol. The van der Waals surface area contributed by atoms with Crippen LogP contribution in [-0.2, 0) is 0 Å². The zero-order valence-corrected chi connectivity index (χ0v) is 10.7. The highest BCUT2D eigenvalue weighted by Gasteiger charge is 2.30. The molecule has 0 unspecified atom stereocenters. The lowest BCUT2D eigenvalue weighted by atomic mass is 9.89. The number of nitrogens with one attached hydrogen (secondary N) is 1. The van der Waals surface area contributed by atoms with Crippen molar-refractivity contribution >= 4 is 11.4 Å². The largest absolute Gasteiger partial charge is 0.366 e. The van der Waals surface area contributed by atoms with Crippen molar-refractivity contribution in [1.82, 2.24) is 10.3 Å². The van der Waals surface area contributed by atoms with Crippen LogP contribution >= 0.6 is 0 Å². The van der Waals surface area contributed by atoms with Gasteiger partial charge in [-0.1, -0.05) is 0 Å². The van der Waals surface area contributed by atoms with Gasteiger partial charge in [0.15, 0.2) is 0 Å². The lowest BCUT2D eigenvalue weighted by Gasteiger charge is -2.40. The summed E-state index contributed by atoms with van der Waals surface area (Å²) >= 11 is 0. The molecule has 1 fully saturated rings. The number of hydrogen-bond acceptors (Lipinski definition) is 5. The summed E-state index contributed by atoms with van der Waals surface area (Å²) in [5.41, 5.74) is 0.900. The smallest absolute Gasteiger partial charge is 0.310 e. The Morgan fingerprint density at radius 2 is 2.17 bits per heavy atom. The summed E-state index contributed by atoms with van der Waals surface area (Å²) in [5.74, 6) is 0. The first-order chi connectivity index (χ1) is 8.56. The number of nitro groups is 1. The van der Waals surface area contributed by atoms with Crippen LogP contribution in [0.4, 0.5) is 11.4 Å². The summed E-state index contributed by atoms with van der Waals surface area (Å²) in [6.45, 7) is 3.83. The van der Waals surface area contributed by atoms with Gasteiger partial charge in [-0.2, -0.15) is 0 Å². The van der Waals surface area contributed by atoms with Gasteiger partial charge in [0.05, 0.1) is 4.92 Å². The Labute approximate surface area is 106 Å². The Bertz CT molecular complexity index is 441. The van der Waals surface area contributed by atoms with Crippen LogP contribution in [0, 0.1) is 10.1 Å². The number of anilines is 1. The number of hydrogen-bond donors (Lipinski definition) is 1. The van der Waals surface area contributed by atoms with Crippen LogP contribution in [0.15, 0.2) is 18.5 Å². The molecule has 0 saturated carbocycles. The minimum absolute atomic E-state index is 0.0885. The zero-order valence-electron chi connectivity index (χ0n) is 10.7. The Morgan fingerprint density at radius 3 is 2.72 bits per heavy atom. The summed E-state index contributed by atoms with van der Waals surface area (Å²) in [6.07, 6.45) is 4.88. The molecule has 1 N–H and O–H groups in total. The standard InChI is InChI=1S/C12H18N4O2/c1-12(13-2)4-7-15(8-5-12)10-3-6-14-9-11(10)16(17)18/h3,6,9,13H,4-5,7-8H2,1-2H3. The lowest BCUT2D eigenvalue weighted by Crippen LogP contribution is -2.50. The molecular weight excluding hydrogens is 232 g/mol. The molecule has 1 aliphatic heterocycles. The second-order valence-electron chi connectivity index (χ2n) is 4.92. The predicted octanol–water partition coefficient (Wildman–Crippen LogP) is 1.57. The topological polar surface area (TPSA) is 71.3 Å². The molecule has 2 rings (SSSR count). The van der Waals surface area contributed by atoms with Crippen LogP contribution in [0.25, 0.3) is 0 Å². The molecule has 98 valence electrons. The number of pyridine rings is 1. The molecule has 0 spiro atoms. The van der Waals surface area contributed by atoms with E-state index in [-0.39, 0.29) is 16.1 Å². The van der Waals surface area contributed by atoms with Gasteiger partial charge >= 0.3 is 5.69 Å². The molecule has 1 aromatic rings. The van der Waals surface area contributed by atoms with Gasteiger partial charge in [-0.25, -0.2) is 0 Å². The van der Waals surface area contributed by atoms with E-state index in [0.717, 1.165) is 25.9 Å². The molecule has 18 heavy (non-hydrogen) atoms. The van der Waals surface area contributed by atoms with Crippen LogP contribution < -0.4 is 10.2 Å². The summed E-state index contributed by atoms with van der Waals surface area (Å²) in [5, 5.41) is 14.3. The van der Waals surface area contributed by atoms with Crippen molar-refractivity contribution in [3.8, 4) is 0 Å². The summed E-state index contributed by atoms with van der Waals surface area (Å²) in [7, 11) is 1.96. The van der Waals surface area contributed by atoms with Crippen molar-refractivity contribution in [3.05, 3.63) is 28.6 Å². The first-order valence-corrected chi connectivity index (χ1v) is 6.08. The van der Waals surface area contributed by atoms with Crippen molar-refractivity contribution in [1.29, 1.82) is 0 Å². The van der Waals surface area contributed by atoms with Gasteiger partial charge in [-0.15, -0.1) is 0 Å². The van der Waals surface area contributed by atoms with Crippen LogP contribution in [0.3, 0.4) is 0 Å². The van der Waals surface area contributed by atoms with Gasteiger partial charge in [0.25, 0.3) is 0 Å². The third kappa shape index (κ3) is 2.43. The maximum absolute atomic E-state index is 11.0. The Balaban J connectivity index is 2.17. The predicted molar refractivity (Wildman–Crippen MR) is 69.8 cm³/mol. The van der Waals surface area contributed by atoms with Gasteiger partial charge in [0.2, 0.25) is 0 Å². The third-order valence-electron chi connectivity index (χ3n) is 3.79. The Morgan fingerprint density at radius 1 is 1.50 bits per heavy atom. The van der Waals surface area contributed by atoms with E-state index in [0.29, 0.717) is 5.69 Å². The number of rotatable bonds is 3. The summed E-state index contributed by atoms with van der Waals surface area (Å²) in [6, 6.07) is 1.72. The maximum atomic E-state index is 11.0. The summed E-state index contributed by atoms with van der Waals surface area (Å²) in [4.78, 5) is 16.5. The van der Waals surface area contributed by atoms with E-state index in [4.69, 9.17) is 0 Å². The molecule has 1 aliphatic rings. The van der Waals surface area contributed by atoms with Crippen LogP contribution in [0.1, 0.15) is 19.8 Å². The fraction of sp³-hybridized carbons (Fsp3) is 0.583. The van der Waals surface area contributed by atoms with Crippen molar-refractivity contribution in [3.63, 3.8) is 0 Å². The molecule has 6 heteroatoms. The molecule has 0 aliphatic carbocycles. The molecule has 6 nitrogen and oxygen atoms in total. The van der Waals surface area contributed by atoms with Gasteiger partial charge < -0.3 is 10.2 Å². The van der Waals surface area contributed by atoms with E-state index in [1.165, 1.54) is 6.20 Å². The minimum atomic E-state index is -0.367. The van der Waals surface area contributed by atoms with Crippen molar-refractivity contribution < 1.29 is 4.92 Å². The molecule has 0 radical (unpaired) electrons. The average Bonchev–Trinajstić information content (AvgIpc) is 2.39. The van der Waals surface area contributed by atoms with Crippen molar-refractivity contribution in [2.24, 2.45) is 0 Å². The van der Waals surface area contributed by atoms with Crippen molar-refractivity contribution in [2.75, 3.05) is 25.0 Å². The normalized spacial score (nSPS) is 18.7. The Hall–Kier alpha value is -1.69. The molecule has 2 heterocycles. The third-order valence-corrected chi connectivity index (χ3v) is 3.79. The van der Waals surface area contributed by atoms with Gasteiger partial charge in [0.1, 0.15) is 11.9 Å². The first-order valence-electron chi connectivity index (χ1n) is 6.08. The highest BCUT2D eigenvalue weighted by Crippen LogP contribution is 2.31. The van der Waals surface area contributed by atoms with E-state index in [1.807, 2.05) is 7.05 Å². The number of aromatic nitrogens is 1. The molecule has 0 aromatic carbocycles. The monoisotopic (exact) mass is 250 g/mol. The molecule has 0 amide bonds. The lowest BCUT2D eigenvalue weighted by molar-refractivity contribution is -0.384. The molecular formula is C12H18N4O2. The van der Waals surface area contributed by atoms with E-state index in [2.05, 4.69) is 22.1 Å². The Kier molecular flexibility index (Phi) is 3.47. The first kappa shape index (κ1) is 12.8. The highest BCUT2D eigenvalue weighted by atomic mass is 16.6. The van der Waals surface area contributed by atoms with Crippen LogP contribution in [0.2, 0.25) is 0 Å². The fourth-order valence-corrected chi connectivity index (χ4v) is 2.28. The van der Waals surface area contributed by atoms with E-state index in [9.17, 15) is 10.1 Å². The number of piperidine rings is 1. The van der Waals surface area contributed by atoms with Gasteiger partial charge in [0, 0.05) is 24.8 Å². The highest BCUT2D eigenvalue weighted by molar-refractivity contribution is 5.61. The second-order valence-corrected chi connectivity index (χ2v) is 4.92. The minimum Gasteiger partial charge on any atom is -0.366 e. The zero-order chi connectivity index (χ0) is 13.2. The van der Waals surface area contributed by atoms with E-state index in [1.54, 1.807) is 12.3 Å².